The summed E-state index contributed by atoms with van der Waals surface area (Å²) >= 11 is 2.89. The number of aromatic carboxylic acids is 1. The number of carboxylic acid groups (broad SMARTS) is 1. The van der Waals surface area contributed by atoms with Crippen LogP contribution in [0.1, 0.15) is 28.2 Å². The fourth-order valence-corrected chi connectivity index (χ4v) is 1.41. The molecule has 0 aliphatic heterocycles. The first-order valence-electron chi connectivity index (χ1n) is 3.74. The van der Waals surface area contributed by atoms with Crippen molar-refractivity contribution < 1.29 is 23.1 Å². The standard InChI is InChI=1S/C8H5BrF3NO2/c9-2-5-3(8(14)15)1-4(10)6(13-5)7(11)12/h1,7H,2H2,(H,14,15). The van der Waals surface area contributed by atoms with Crippen LogP contribution in [-0.4, -0.2) is 16.1 Å². The Bertz CT molecular complexity index is 398. The monoisotopic (exact) mass is 283 g/mol. The van der Waals surface area contributed by atoms with E-state index in [-0.39, 0.29) is 11.0 Å². The van der Waals surface area contributed by atoms with Gasteiger partial charge in [0.2, 0.25) is 0 Å². The minimum absolute atomic E-state index is 0.0331. The summed E-state index contributed by atoms with van der Waals surface area (Å²) in [5.41, 5.74) is -1.58. The zero-order valence-electron chi connectivity index (χ0n) is 7.18. The number of halogens is 4. The molecule has 1 N–H and O–H groups in total. The predicted octanol–water partition coefficient (Wildman–Crippen LogP) is 2.75. The maximum atomic E-state index is 13.0. The van der Waals surface area contributed by atoms with E-state index in [0.717, 1.165) is 0 Å². The molecule has 82 valence electrons. The number of pyridine rings is 1. The summed E-state index contributed by atoms with van der Waals surface area (Å²) in [4.78, 5) is 13.9. The largest absolute Gasteiger partial charge is 0.478 e. The van der Waals surface area contributed by atoms with Gasteiger partial charge in [-0.2, -0.15) is 0 Å². The van der Waals surface area contributed by atoms with Gasteiger partial charge < -0.3 is 5.11 Å². The van der Waals surface area contributed by atoms with Gasteiger partial charge >= 0.3 is 5.97 Å². The van der Waals surface area contributed by atoms with Crippen molar-refractivity contribution >= 4 is 21.9 Å². The molecule has 7 heteroatoms. The van der Waals surface area contributed by atoms with Crippen LogP contribution in [0, 0.1) is 5.82 Å². The number of hydrogen-bond donors (Lipinski definition) is 1. The Morgan fingerprint density at radius 2 is 2.20 bits per heavy atom. The number of carboxylic acids is 1. The van der Waals surface area contributed by atoms with Gasteiger partial charge in [-0.05, 0) is 6.07 Å². The molecular weight excluding hydrogens is 279 g/mol. The third-order valence-electron chi connectivity index (χ3n) is 1.65. The number of hydrogen-bond acceptors (Lipinski definition) is 2. The van der Waals surface area contributed by atoms with E-state index in [1.165, 1.54) is 0 Å². The summed E-state index contributed by atoms with van der Waals surface area (Å²) in [5, 5.41) is 8.60. The number of rotatable bonds is 3. The van der Waals surface area contributed by atoms with Gasteiger partial charge in [-0.3, -0.25) is 0 Å². The second-order valence-corrected chi connectivity index (χ2v) is 3.15. The highest BCUT2D eigenvalue weighted by Gasteiger charge is 2.21. The van der Waals surface area contributed by atoms with Gasteiger partial charge in [-0.15, -0.1) is 0 Å². The maximum absolute atomic E-state index is 13.0. The fraction of sp³-hybridized carbons (Fsp3) is 0.250. The van der Waals surface area contributed by atoms with Crippen molar-refractivity contribution in [1.82, 2.24) is 4.98 Å². The Hall–Kier alpha value is -1.11. The lowest BCUT2D eigenvalue weighted by Crippen LogP contribution is -2.08. The fourth-order valence-electron chi connectivity index (χ4n) is 0.983. The van der Waals surface area contributed by atoms with Crippen molar-refractivity contribution in [1.29, 1.82) is 0 Å². The molecule has 0 radical (unpaired) electrons. The minimum Gasteiger partial charge on any atom is -0.478 e. The topological polar surface area (TPSA) is 50.2 Å². The smallest absolute Gasteiger partial charge is 0.337 e. The third-order valence-corrected chi connectivity index (χ3v) is 2.18. The molecule has 3 nitrogen and oxygen atoms in total. The quantitative estimate of drug-likeness (QED) is 0.868. The van der Waals surface area contributed by atoms with Crippen LogP contribution in [0.2, 0.25) is 0 Å². The van der Waals surface area contributed by atoms with Gasteiger partial charge in [-0.25, -0.2) is 22.9 Å². The van der Waals surface area contributed by atoms with E-state index in [1.807, 2.05) is 0 Å². The molecule has 0 saturated carbocycles. The van der Waals surface area contributed by atoms with Gasteiger partial charge in [-0.1, -0.05) is 15.9 Å². The summed E-state index contributed by atoms with van der Waals surface area (Å²) in [6, 6.07) is 0.549. The first-order chi connectivity index (χ1) is 6.97. The molecule has 0 aliphatic carbocycles. The number of aromatic nitrogens is 1. The van der Waals surface area contributed by atoms with Gasteiger partial charge in [0.25, 0.3) is 6.43 Å². The van der Waals surface area contributed by atoms with E-state index in [0.29, 0.717) is 6.07 Å². The van der Waals surface area contributed by atoms with Crippen molar-refractivity contribution in [3.05, 3.63) is 28.8 Å². The van der Waals surface area contributed by atoms with Crippen molar-refractivity contribution in [2.24, 2.45) is 0 Å². The molecule has 0 atom stereocenters. The summed E-state index contributed by atoms with van der Waals surface area (Å²) in [5.74, 6) is -2.72. The van der Waals surface area contributed by atoms with Gasteiger partial charge in [0.1, 0.15) is 5.69 Å². The zero-order valence-corrected chi connectivity index (χ0v) is 8.76. The Morgan fingerprint density at radius 3 is 2.60 bits per heavy atom. The Balaban J connectivity index is 3.35. The van der Waals surface area contributed by atoms with Crippen LogP contribution in [0.3, 0.4) is 0 Å². The van der Waals surface area contributed by atoms with Gasteiger partial charge in [0.05, 0.1) is 11.3 Å². The minimum atomic E-state index is -3.06. The van der Waals surface area contributed by atoms with E-state index < -0.39 is 29.5 Å². The molecule has 0 spiro atoms. The summed E-state index contributed by atoms with van der Waals surface area (Å²) in [6.07, 6.45) is -3.06. The number of alkyl halides is 3. The first-order valence-corrected chi connectivity index (χ1v) is 4.86. The summed E-state index contributed by atoms with van der Waals surface area (Å²) < 4.78 is 37.4. The van der Waals surface area contributed by atoms with Crippen molar-refractivity contribution in [3.8, 4) is 0 Å². The van der Waals surface area contributed by atoms with Crippen molar-refractivity contribution in [2.75, 3.05) is 0 Å². The second kappa shape index (κ2) is 4.61. The normalized spacial score (nSPS) is 10.7. The molecule has 15 heavy (non-hydrogen) atoms. The molecule has 0 unspecified atom stereocenters. The van der Waals surface area contributed by atoms with Crippen LogP contribution in [0.5, 0.6) is 0 Å². The molecule has 0 bridgehead atoms. The molecular formula is C8H5BrF3NO2. The van der Waals surface area contributed by atoms with E-state index in [2.05, 4.69) is 20.9 Å². The third kappa shape index (κ3) is 2.47. The van der Waals surface area contributed by atoms with Crippen LogP contribution in [0.4, 0.5) is 13.2 Å². The van der Waals surface area contributed by atoms with Crippen molar-refractivity contribution in [3.63, 3.8) is 0 Å². The Morgan fingerprint density at radius 1 is 1.60 bits per heavy atom. The number of nitrogens with zero attached hydrogens (tertiary/aromatic N) is 1. The molecule has 1 aromatic rings. The average molecular weight is 284 g/mol. The van der Waals surface area contributed by atoms with E-state index in [4.69, 9.17) is 5.11 Å². The molecule has 1 heterocycles. The van der Waals surface area contributed by atoms with E-state index >= 15 is 0 Å². The van der Waals surface area contributed by atoms with Crippen LogP contribution >= 0.6 is 15.9 Å². The highest BCUT2D eigenvalue weighted by atomic mass is 79.9. The lowest BCUT2D eigenvalue weighted by molar-refractivity contribution is 0.0693. The summed E-state index contributed by atoms with van der Waals surface area (Å²) in [6.45, 7) is 0. The lowest BCUT2D eigenvalue weighted by atomic mass is 10.2. The molecule has 0 aliphatic rings. The predicted molar refractivity (Wildman–Crippen MR) is 48.7 cm³/mol. The molecule has 1 aromatic heterocycles. The zero-order chi connectivity index (χ0) is 11.6. The molecule has 0 fully saturated rings. The van der Waals surface area contributed by atoms with Gasteiger partial charge in [0, 0.05) is 5.33 Å². The van der Waals surface area contributed by atoms with Crippen LogP contribution in [0.25, 0.3) is 0 Å². The number of carbonyl (C=O) groups is 1. The molecule has 0 saturated heterocycles. The average Bonchev–Trinajstić information content (AvgIpc) is 2.16. The Kier molecular flexibility index (Phi) is 3.67. The van der Waals surface area contributed by atoms with E-state index in [1.54, 1.807) is 0 Å². The molecule has 0 aromatic carbocycles. The van der Waals surface area contributed by atoms with Crippen LogP contribution in [-0.2, 0) is 5.33 Å². The van der Waals surface area contributed by atoms with Crippen LogP contribution in [0.15, 0.2) is 6.07 Å². The van der Waals surface area contributed by atoms with Gasteiger partial charge in [0.15, 0.2) is 5.82 Å². The van der Waals surface area contributed by atoms with Crippen LogP contribution < -0.4 is 0 Å². The SMILES string of the molecule is O=C(O)c1cc(F)c(C(F)F)nc1CBr. The second-order valence-electron chi connectivity index (χ2n) is 2.59. The molecule has 1 rings (SSSR count). The summed E-state index contributed by atoms with van der Waals surface area (Å²) in [7, 11) is 0. The maximum Gasteiger partial charge on any atom is 0.337 e. The van der Waals surface area contributed by atoms with Crippen molar-refractivity contribution in [2.45, 2.75) is 11.8 Å². The lowest BCUT2D eigenvalue weighted by Gasteiger charge is -2.06. The molecule has 0 amide bonds. The highest BCUT2D eigenvalue weighted by Crippen LogP contribution is 2.23. The van der Waals surface area contributed by atoms with E-state index in [9.17, 15) is 18.0 Å². The first kappa shape index (κ1) is 12.0. The highest BCUT2D eigenvalue weighted by molar-refractivity contribution is 9.08. The Labute approximate surface area is 91.1 Å².